The van der Waals surface area contributed by atoms with Gasteiger partial charge < -0.3 is 10.1 Å². The van der Waals surface area contributed by atoms with Gasteiger partial charge >= 0.3 is 0 Å². The molecule has 144 valence electrons. The van der Waals surface area contributed by atoms with Crippen molar-refractivity contribution in [1.82, 2.24) is 5.32 Å². The molecule has 1 aliphatic heterocycles. The van der Waals surface area contributed by atoms with Gasteiger partial charge in [0.2, 0.25) is 5.91 Å². The van der Waals surface area contributed by atoms with Crippen molar-refractivity contribution in [3.8, 4) is 0 Å². The van der Waals surface area contributed by atoms with Crippen LogP contribution < -0.4 is 9.62 Å². The van der Waals surface area contributed by atoms with E-state index in [-0.39, 0.29) is 23.5 Å². The van der Waals surface area contributed by atoms with E-state index in [1.54, 1.807) is 30.3 Å². The normalized spacial score (nSPS) is 16.9. The number of carbonyl (C=O) groups excluding carboxylic acids is 1. The maximum Gasteiger partial charge on any atom is 0.264 e. The summed E-state index contributed by atoms with van der Waals surface area (Å²) in [6.45, 7) is 0.756. The predicted molar refractivity (Wildman–Crippen MR) is 104 cm³/mol. The summed E-state index contributed by atoms with van der Waals surface area (Å²) < 4.78 is 32.8. The third-order valence-corrected chi connectivity index (χ3v) is 6.32. The summed E-state index contributed by atoms with van der Waals surface area (Å²) in [5, 5.41) is 3.21. The van der Waals surface area contributed by atoms with Crippen molar-refractivity contribution in [3.63, 3.8) is 0 Å². The topological polar surface area (TPSA) is 75.7 Å². The van der Waals surface area contributed by atoms with Crippen molar-refractivity contribution in [2.75, 3.05) is 24.0 Å². The molecule has 2 aromatic rings. The first-order valence-electron chi connectivity index (χ1n) is 8.68. The fourth-order valence-electron chi connectivity index (χ4n) is 2.86. The van der Waals surface area contributed by atoms with Crippen LogP contribution in [0, 0.1) is 0 Å². The maximum absolute atomic E-state index is 13.1. The number of para-hydroxylation sites is 1. The van der Waals surface area contributed by atoms with E-state index in [0.717, 1.165) is 17.1 Å². The molecular weight excluding hydrogens is 388 g/mol. The average molecular weight is 409 g/mol. The summed E-state index contributed by atoms with van der Waals surface area (Å²) in [6, 6.07) is 14.4. The van der Waals surface area contributed by atoms with Crippen LogP contribution in [-0.4, -0.2) is 40.1 Å². The lowest BCUT2D eigenvalue weighted by Crippen LogP contribution is -2.42. The van der Waals surface area contributed by atoms with E-state index in [1.807, 2.05) is 0 Å². The number of rotatable bonds is 7. The molecule has 1 amide bonds. The van der Waals surface area contributed by atoms with Crippen LogP contribution in [0.25, 0.3) is 0 Å². The van der Waals surface area contributed by atoms with Crippen molar-refractivity contribution < 1.29 is 17.9 Å². The maximum atomic E-state index is 13.1. The van der Waals surface area contributed by atoms with Gasteiger partial charge in [-0.2, -0.15) is 0 Å². The molecule has 3 rings (SSSR count). The number of ether oxygens (including phenoxy) is 1. The SMILES string of the molecule is O=C(CN(c1ccccc1)S(=O)(=O)c1ccc(Cl)cc1)NC[C@H]1CCCO1. The third-order valence-electron chi connectivity index (χ3n) is 4.28. The van der Waals surface area contributed by atoms with E-state index in [2.05, 4.69) is 5.32 Å². The lowest BCUT2D eigenvalue weighted by Gasteiger charge is -2.24. The highest BCUT2D eigenvalue weighted by molar-refractivity contribution is 7.92. The molecule has 1 saturated heterocycles. The van der Waals surface area contributed by atoms with Gasteiger partial charge in [0.05, 0.1) is 16.7 Å². The predicted octanol–water partition coefficient (Wildman–Crippen LogP) is 2.83. The van der Waals surface area contributed by atoms with Crippen LogP contribution in [-0.2, 0) is 19.6 Å². The Morgan fingerprint density at radius 3 is 2.48 bits per heavy atom. The number of benzene rings is 2. The molecule has 27 heavy (non-hydrogen) atoms. The highest BCUT2D eigenvalue weighted by Gasteiger charge is 2.27. The molecule has 1 atom stereocenters. The van der Waals surface area contributed by atoms with Crippen molar-refractivity contribution >= 4 is 33.2 Å². The van der Waals surface area contributed by atoms with Gasteiger partial charge in [-0.05, 0) is 49.2 Å². The van der Waals surface area contributed by atoms with Crippen LogP contribution in [0.15, 0.2) is 59.5 Å². The summed E-state index contributed by atoms with van der Waals surface area (Å²) in [7, 11) is -3.92. The molecule has 0 aromatic heterocycles. The van der Waals surface area contributed by atoms with Crippen molar-refractivity contribution in [2.24, 2.45) is 0 Å². The van der Waals surface area contributed by atoms with E-state index in [4.69, 9.17) is 16.3 Å². The summed E-state index contributed by atoms with van der Waals surface area (Å²) >= 11 is 5.86. The number of amides is 1. The second kappa shape index (κ2) is 8.73. The number of halogens is 1. The van der Waals surface area contributed by atoms with Crippen LogP contribution in [0.2, 0.25) is 5.02 Å². The molecule has 0 unspecified atom stereocenters. The lowest BCUT2D eigenvalue weighted by molar-refractivity contribution is -0.120. The summed E-state index contributed by atoms with van der Waals surface area (Å²) in [6.07, 6.45) is 1.86. The highest BCUT2D eigenvalue weighted by Crippen LogP contribution is 2.24. The molecule has 8 heteroatoms. The first-order valence-corrected chi connectivity index (χ1v) is 10.5. The number of hydrogen-bond acceptors (Lipinski definition) is 4. The lowest BCUT2D eigenvalue weighted by atomic mass is 10.2. The molecule has 6 nitrogen and oxygen atoms in total. The van der Waals surface area contributed by atoms with Crippen LogP contribution in [0.5, 0.6) is 0 Å². The Hall–Kier alpha value is -2.09. The molecule has 0 aliphatic carbocycles. The summed E-state index contributed by atoms with van der Waals surface area (Å²) in [4.78, 5) is 12.5. The van der Waals surface area contributed by atoms with Crippen molar-refractivity contribution in [2.45, 2.75) is 23.8 Å². The second-order valence-corrected chi connectivity index (χ2v) is 8.54. The smallest absolute Gasteiger partial charge is 0.264 e. The summed E-state index contributed by atoms with van der Waals surface area (Å²) in [5.41, 5.74) is 0.416. The van der Waals surface area contributed by atoms with Crippen LogP contribution in [0.4, 0.5) is 5.69 Å². The Bertz CT molecular complexity index is 866. The van der Waals surface area contributed by atoms with Crippen molar-refractivity contribution in [3.05, 3.63) is 59.6 Å². The summed E-state index contributed by atoms with van der Waals surface area (Å²) in [5.74, 6) is -0.383. The molecule has 1 fully saturated rings. The zero-order valence-corrected chi connectivity index (χ0v) is 16.2. The van der Waals surface area contributed by atoms with Gasteiger partial charge in [-0.3, -0.25) is 9.10 Å². The van der Waals surface area contributed by atoms with Gasteiger partial charge in [0.25, 0.3) is 10.0 Å². The molecule has 0 saturated carbocycles. The number of nitrogens with one attached hydrogen (secondary N) is 1. The molecular formula is C19H21ClN2O4S. The average Bonchev–Trinajstić information content (AvgIpc) is 3.19. The molecule has 2 aromatic carbocycles. The third kappa shape index (κ3) is 5.00. The van der Waals surface area contributed by atoms with E-state index in [1.165, 1.54) is 24.3 Å². The van der Waals surface area contributed by atoms with Gasteiger partial charge in [0.15, 0.2) is 0 Å². The van der Waals surface area contributed by atoms with E-state index < -0.39 is 10.0 Å². The van der Waals surface area contributed by atoms with Gasteiger partial charge in [-0.25, -0.2) is 8.42 Å². The standard InChI is InChI=1S/C19H21ClN2O4S/c20-15-8-10-18(11-9-15)27(24,25)22(16-5-2-1-3-6-16)14-19(23)21-13-17-7-4-12-26-17/h1-3,5-6,8-11,17H,4,7,12-14H2,(H,21,23)/t17-/m1/s1. The minimum absolute atomic E-state index is 0.00741. The first kappa shape index (κ1) is 19.7. The van der Waals surface area contributed by atoms with Gasteiger partial charge in [0.1, 0.15) is 6.54 Å². The van der Waals surface area contributed by atoms with Crippen LogP contribution in [0.3, 0.4) is 0 Å². The van der Waals surface area contributed by atoms with E-state index >= 15 is 0 Å². The zero-order valence-electron chi connectivity index (χ0n) is 14.7. The molecule has 1 heterocycles. The monoisotopic (exact) mass is 408 g/mol. The molecule has 0 bridgehead atoms. The Kier molecular flexibility index (Phi) is 6.36. The Morgan fingerprint density at radius 1 is 1.15 bits per heavy atom. The fraction of sp³-hybridized carbons (Fsp3) is 0.316. The molecule has 1 aliphatic rings. The quantitative estimate of drug-likeness (QED) is 0.764. The number of nitrogens with zero attached hydrogens (tertiary/aromatic N) is 1. The van der Waals surface area contributed by atoms with Gasteiger partial charge in [0, 0.05) is 18.2 Å². The minimum atomic E-state index is -3.92. The highest BCUT2D eigenvalue weighted by atomic mass is 35.5. The Morgan fingerprint density at radius 2 is 1.85 bits per heavy atom. The number of anilines is 1. The second-order valence-electron chi connectivity index (χ2n) is 6.24. The van der Waals surface area contributed by atoms with Gasteiger partial charge in [-0.15, -0.1) is 0 Å². The number of carbonyl (C=O) groups is 1. The zero-order chi connectivity index (χ0) is 19.3. The van der Waals surface area contributed by atoms with E-state index in [9.17, 15) is 13.2 Å². The van der Waals surface area contributed by atoms with Gasteiger partial charge in [-0.1, -0.05) is 29.8 Å². The van der Waals surface area contributed by atoms with E-state index in [0.29, 0.717) is 23.9 Å². The number of hydrogen-bond donors (Lipinski definition) is 1. The Labute approximate surface area is 164 Å². The Balaban J connectivity index is 1.80. The van der Waals surface area contributed by atoms with Crippen LogP contribution >= 0.6 is 11.6 Å². The molecule has 1 N–H and O–H groups in total. The number of sulfonamides is 1. The van der Waals surface area contributed by atoms with Crippen LogP contribution in [0.1, 0.15) is 12.8 Å². The largest absolute Gasteiger partial charge is 0.376 e. The van der Waals surface area contributed by atoms with Crippen molar-refractivity contribution in [1.29, 1.82) is 0 Å². The minimum Gasteiger partial charge on any atom is -0.376 e. The molecule has 0 radical (unpaired) electrons. The fourth-order valence-corrected chi connectivity index (χ4v) is 4.41. The first-order chi connectivity index (χ1) is 13.0. The molecule has 0 spiro atoms.